The largest absolute Gasteiger partial charge is 0.384 e. The zero-order valence-electron chi connectivity index (χ0n) is 17.8. The van der Waals surface area contributed by atoms with Crippen LogP contribution in [0.2, 0.25) is 0 Å². The summed E-state index contributed by atoms with van der Waals surface area (Å²) in [5.74, 6) is 0.634. The predicted molar refractivity (Wildman–Crippen MR) is 131 cm³/mol. The fraction of sp³-hybridized carbons (Fsp3) is 0.0741. The molecular formula is C27H21N5O. The molecular weight excluding hydrogens is 410 g/mol. The molecule has 2 aromatic heterocycles. The van der Waals surface area contributed by atoms with Crippen molar-refractivity contribution in [1.29, 1.82) is 0 Å². The van der Waals surface area contributed by atoms with E-state index in [0.29, 0.717) is 5.56 Å². The lowest BCUT2D eigenvalue weighted by atomic mass is 10.1. The van der Waals surface area contributed by atoms with E-state index in [0.717, 1.165) is 57.9 Å². The Kier molecular flexibility index (Phi) is 4.61. The number of pyridine rings is 1. The molecule has 0 bridgehead atoms. The molecule has 1 aliphatic heterocycles. The average molecular weight is 431 g/mol. The predicted octanol–water partition coefficient (Wildman–Crippen LogP) is 5.51. The number of aromatic nitrogens is 3. The van der Waals surface area contributed by atoms with E-state index in [1.807, 2.05) is 66.9 Å². The molecule has 6 rings (SSSR count). The second kappa shape index (κ2) is 7.91. The Bertz CT molecular complexity index is 1470. The highest BCUT2D eigenvalue weighted by atomic mass is 16.1. The molecule has 0 radical (unpaired) electrons. The van der Waals surface area contributed by atoms with Crippen LogP contribution >= 0.6 is 0 Å². The molecule has 0 saturated carbocycles. The number of fused-ring (bicyclic) bond motifs is 2. The number of carbonyl (C=O) groups excluding carboxylic acids is 1. The third-order valence-electron chi connectivity index (χ3n) is 5.97. The molecule has 0 spiro atoms. The second-order valence-corrected chi connectivity index (χ2v) is 8.14. The van der Waals surface area contributed by atoms with Gasteiger partial charge in [-0.25, -0.2) is 4.98 Å². The number of nitrogens with one attached hydrogen (secondary N) is 3. The second-order valence-electron chi connectivity index (χ2n) is 8.14. The Hall–Kier alpha value is -4.45. The van der Waals surface area contributed by atoms with Crippen LogP contribution in [0.15, 0.2) is 85.2 Å². The first-order chi connectivity index (χ1) is 16.2. The van der Waals surface area contributed by atoms with Crippen molar-refractivity contribution in [3.05, 3.63) is 96.3 Å². The molecule has 3 aromatic carbocycles. The molecule has 6 heteroatoms. The van der Waals surface area contributed by atoms with Crippen LogP contribution in [0.4, 0.5) is 11.4 Å². The summed E-state index contributed by atoms with van der Waals surface area (Å²) < 4.78 is 0. The molecule has 1 aliphatic rings. The van der Waals surface area contributed by atoms with Gasteiger partial charge in [0.05, 0.1) is 11.0 Å². The van der Waals surface area contributed by atoms with E-state index in [-0.39, 0.29) is 5.91 Å². The van der Waals surface area contributed by atoms with Crippen molar-refractivity contribution in [3.8, 4) is 22.5 Å². The van der Waals surface area contributed by atoms with Gasteiger partial charge in [-0.05, 0) is 60.0 Å². The van der Waals surface area contributed by atoms with E-state index in [9.17, 15) is 4.79 Å². The summed E-state index contributed by atoms with van der Waals surface area (Å²) in [5.41, 5.74) is 8.69. The number of hydrogen-bond donors (Lipinski definition) is 3. The number of aromatic amines is 1. The van der Waals surface area contributed by atoms with Crippen LogP contribution in [0, 0.1) is 0 Å². The van der Waals surface area contributed by atoms with Gasteiger partial charge in [-0.2, -0.15) is 0 Å². The third kappa shape index (κ3) is 3.72. The minimum absolute atomic E-state index is 0.134. The number of H-pyrrole nitrogens is 1. The monoisotopic (exact) mass is 431 g/mol. The van der Waals surface area contributed by atoms with Gasteiger partial charge in [-0.15, -0.1) is 0 Å². The molecule has 0 saturated heterocycles. The molecule has 6 nitrogen and oxygen atoms in total. The first-order valence-corrected chi connectivity index (χ1v) is 10.9. The average Bonchev–Trinajstić information content (AvgIpc) is 3.51. The zero-order valence-corrected chi connectivity index (χ0v) is 17.8. The van der Waals surface area contributed by atoms with E-state index in [4.69, 9.17) is 4.98 Å². The van der Waals surface area contributed by atoms with Gasteiger partial charge >= 0.3 is 0 Å². The fourth-order valence-electron chi connectivity index (χ4n) is 4.21. The van der Waals surface area contributed by atoms with E-state index in [1.165, 1.54) is 5.56 Å². The number of nitrogens with zero attached hydrogens (tertiary/aromatic N) is 2. The number of anilines is 2. The lowest BCUT2D eigenvalue weighted by Gasteiger charge is -2.08. The number of hydrogen-bond acceptors (Lipinski definition) is 4. The van der Waals surface area contributed by atoms with Gasteiger partial charge in [0.25, 0.3) is 5.91 Å². The van der Waals surface area contributed by atoms with Crippen molar-refractivity contribution < 1.29 is 4.79 Å². The van der Waals surface area contributed by atoms with Gasteiger partial charge in [0.2, 0.25) is 0 Å². The summed E-state index contributed by atoms with van der Waals surface area (Å²) in [6.07, 6.45) is 4.64. The Morgan fingerprint density at radius 1 is 0.909 bits per heavy atom. The number of carbonyl (C=O) groups is 1. The molecule has 3 N–H and O–H groups in total. The van der Waals surface area contributed by atoms with Crippen molar-refractivity contribution in [2.75, 3.05) is 17.2 Å². The number of amides is 1. The van der Waals surface area contributed by atoms with Gasteiger partial charge in [-0.1, -0.05) is 30.3 Å². The molecule has 1 amide bonds. The Morgan fingerprint density at radius 2 is 1.79 bits per heavy atom. The van der Waals surface area contributed by atoms with Crippen LogP contribution in [-0.2, 0) is 6.42 Å². The van der Waals surface area contributed by atoms with Crippen LogP contribution in [0.3, 0.4) is 0 Å². The quantitative estimate of drug-likeness (QED) is 0.350. The van der Waals surface area contributed by atoms with Crippen molar-refractivity contribution in [2.24, 2.45) is 0 Å². The van der Waals surface area contributed by atoms with E-state index in [1.54, 1.807) is 6.20 Å². The first-order valence-electron chi connectivity index (χ1n) is 10.9. The maximum Gasteiger partial charge on any atom is 0.255 e. The summed E-state index contributed by atoms with van der Waals surface area (Å²) in [5, 5.41) is 6.32. The van der Waals surface area contributed by atoms with Crippen LogP contribution in [0.5, 0.6) is 0 Å². The smallest absolute Gasteiger partial charge is 0.255 e. The summed E-state index contributed by atoms with van der Waals surface area (Å²) >= 11 is 0. The van der Waals surface area contributed by atoms with Crippen LogP contribution in [0.25, 0.3) is 33.5 Å². The van der Waals surface area contributed by atoms with Crippen molar-refractivity contribution >= 4 is 28.3 Å². The summed E-state index contributed by atoms with van der Waals surface area (Å²) in [4.78, 5) is 25.0. The summed E-state index contributed by atoms with van der Waals surface area (Å²) in [6, 6.07) is 23.6. The van der Waals surface area contributed by atoms with Gasteiger partial charge in [0, 0.05) is 47.0 Å². The third-order valence-corrected chi connectivity index (χ3v) is 5.97. The van der Waals surface area contributed by atoms with E-state index in [2.05, 4.69) is 32.7 Å². The van der Waals surface area contributed by atoms with Gasteiger partial charge < -0.3 is 15.6 Å². The molecule has 5 aromatic rings. The van der Waals surface area contributed by atoms with Crippen LogP contribution in [-0.4, -0.2) is 27.4 Å². The van der Waals surface area contributed by atoms with Crippen molar-refractivity contribution in [3.63, 3.8) is 0 Å². The molecule has 33 heavy (non-hydrogen) atoms. The SMILES string of the molecule is O=C(Nc1ccc2c(c1)NCC2)c1ccc(-c2nc3ccc(-c4cccnc4)cc3[nH]2)cc1. The lowest BCUT2D eigenvalue weighted by molar-refractivity contribution is 0.102. The highest BCUT2D eigenvalue weighted by Gasteiger charge is 2.13. The maximum absolute atomic E-state index is 12.7. The summed E-state index contributed by atoms with van der Waals surface area (Å²) in [7, 11) is 0. The standard InChI is InChI=1S/C27H21N5O/c33-27(30-22-9-7-17-11-13-29-24(17)15-22)19-5-3-18(4-6-19)26-31-23-10-8-20(14-25(23)32-26)21-2-1-12-28-16-21/h1-10,12,14-16,29H,11,13H2,(H,30,33)(H,31,32). The molecule has 0 aliphatic carbocycles. The van der Waals surface area contributed by atoms with Crippen LogP contribution < -0.4 is 10.6 Å². The minimum atomic E-state index is -0.134. The highest BCUT2D eigenvalue weighted by Crippen LogP contribution is 2.27. The van der Waals surface area contributed by atoms with E-state index < -0.39 is 0 Å². The van der Waals surface area contributed by atoms with E-state index >= 15 is 0 Å². The van der Waals surface area contributed by atoms with Gasteiger partial charge in [0.1, 0.15) is 5.82 Å². The van der Waals surface area contributed by atoms with Crippen LogP contribution in [0.1, 0.15) is 15.9 Å². The van der Waals surface area contributed by atoms with Gasteiger partial charge in [0.15, 0.2) is 0 Å². The molecule has 160 valence electrons. The Morgan fingerprint density at radius 3 is 2.64 bits per heavy atom. The van der Waals surface area contributed by atoms with Gasteiger partial charge in [-0.3, -0.25) is 9.78 Å². The molecule has 0 fully saturated rings. The van der Waals surface area contributed by atoms with Crippen molar-refractivity contribution in [2.45, 2.75) is 6.42 Å². The topological polar surface area (TPSA) is 82.7 Å². The van der Waals surface area contributed by atoms with Crippen molar-refractivity contribution in [1.82, 2.24) is 15.0 Å². The Labute approximate surface area is 190 Å². The number of benzene rings is 3. The summed E-state index contributed by atoms with van der Waals surface area (Å²) in [6.45, 7) is 0.945. The minimum Gasteiger partial charge on any atom is -0.384 e. The normalized spacial score (nSPS) is 12.4. The number of imidazole rings is 1. The fourth-order valence-corrected chi connectivity index (χ4v) is 4.21. The zero-order chi connectivity index (χ0) is 22.2. The highest BCUT2D eigenvalue weighted by molar-refractivity contribution is 6.04. The lowest BCUT2D eigenvalue weighted by Crippen LogP contribution is -2.11. The molecule has 3 heterocycles. The maximum atomic E-state index is 12.7. The molecule has 0 atom stereocenters. The first kappa shape index (κ1) is 19.3. The Balaban J connectivity index is 1.22. The number of rotatable bonds is 4. The molecule has 0 unspecified atom stereocenters.